The van der Waals surface area contributed by atoms with Gasteiger partial charge in [-0.05, 0) is 19.9 Å². The minimum Gasteiger partial charge on any atom is -0.489 e. The summed E-state index contributed by atoms with van der Waals surface area (Å²) in [5, 5.41) is 9.01. The van der Waals surface area contributed by atoms with E-state index < -0.39 is 0 Å². The first-order valence-corrected chi connectivity index (χ1v) is 6.43. The number of aromatic nitrogens is 1. The zero-order valence-corrected chi connectivity index (χ0v) is 11.4. The van der Waals surface area contributed by atoms with Crippen molar-refractivity contribution in [1.29, 1.82) is 5.26 Å². The van der Waals surface area contributed by atoms with Gasteiger partial charge < -0.3 is 9.47 Å². The standard InChI is InChI=1S/C14H19N3O2/c1-14(2,17-5-7-18-8-6-17)11-19-13-10-16-4-3-12(13)9-15/h3-4,10H,5-8,11H2,1-2H3. The molecule has 19 heavy (non-hydrogen) atoms. The van der Waals surface area contributed by atoms with Crippen LogP contribution in [0.5, 0.6) is 5.75 Å². The van der Waals surface area contributed by atoms with Crippen LogP contribution in [-0.2, 0) is 4.74 Å². The number of hydrogen-bond acceptors (Lipinski definition) is 5. The normalized spacial score (nSPS) is 16.9. The Morgan fingerprint density at radius 2 is 2.21 bits per heavy atom. The Hall–Kier alpha value is -1.64. The van der Waals surface area contributed by atoms with Crippen LogP contribution in [0.25, 0.3) is 0 Å². The molecule has 1 aromatic heterocycles. The van der Waals surface area contributed by atoms with Crippen molar-refractivity contribution in [3.8, 4) is 11.8 Å². The van der Waals surface area contributed by atoms with E-state index in [0.29, 0.717) is 17.9 Å². The molecule has 0 N–H and O–H groups in total. The summed E-state index contributed by atoms with van der Waals surface area (Å²) >= 11 is 0. The minimum atomic E-state index is -0.0909. The van der Waals surface area contributed by atoms with Gasteiger partial charge in [0.1, 0.15) is 12.7 Å². The topological polar surface area (TPSA) is 58.4 Å². The number of nitrogens with zero attached hydrogens (tertiary/aromatic N) is 3. The Kier molecular flexibility index (Phi) is 4.35. The van der Waals surface area contributed by atoms with E-state index in [1.165, 1.54) is 0 Å². The van der Waals surface area contributed by atoms with Crippen LogP contribution in [0.2, 0.25) is 0 Å². The second-order valence-electron chi connectivity index (χ2n) is 5.18. The number of morpholine rings is 1. The average Bonchev–Trinajstić information content (AvgIpc) is 2.46. The monoisotopic (exact) mass is 261 g/mol. The summed E-state index contributed by atoms with van der Waals surface area (Å²) in [6.07, 6.45) is 3.19. The molecule has 0 bridgehead atoms. The zero-order chi connectivity index (χ0) is 13.7. The van der Waals surface area contributed by atoms with E-state index in [4.69, 9.17) is 14.7 Å². The fourth-order valence-corrected chi connectivity index (χ4v) is 2.10. The Morgan fingerprint density at radius 3 is 2.89 bits per heavy atom. The number of pyridine rings is 1. The van der Waals surface area contributed by atoms with Crippen LogP contribution in [0, 0.1) is 11.3 Å². The molecule has 102 valence electrons. The molecular formula is C14H19N3O2. The van der Waals surface area contributed by atoms with Gasteiger partial charge in [0.2, 0.25) is 0 Å². The predicted octanol–water partition coefficient (Wildman–Crippen LogP) is 1.44. The number of ether oxygens (including phenoxy) is 2. The van der Waals surface area contributed by atoms with Crippen molar-refractivity contribution < 1.29 is 9.47 Å². The highest BCUT2D eigenvalue weighted by Crippen LogP contribution is 2.20. The molecule has 1 aromatic rings. The lowest BCUT2D eigenvalue weighted by Crippen LogP contribution is -2.53. The Morgan fingerprint density at radius 1 is 1.47 bits per heavy atom. The summed E-state index contributed by atoms with van der Waals surface area (Å²) in [5.74, 6) is 0.548. The molecule has 0 amide bonds. The van der Waals surface area contributed by atoms with Gasteiger partial charge in [0, 0.05) is 24.8 Å². The molecule has 0 spiro atoms. The fraction of sp³-hybridized carbons (Fsp3) is 0.571. The van der Waals surface area contributed by atoms with Crippen LogP contribution in [0.4, 0.5) is 0 Å². The quantitative estimate of drug-likeness (QED) is 0.821. The maximum absolute atomic E-state index is 9.01. The number of hydrogen-bond donors (Lipinski definition) is 0. The average molecular weight is 261 g/mol. The predicted molar refractivity (Wildman–Crippen MR) is 70.9 cm³/mol. The molecule has 1 saturated heterocycles. The summed E-state index contributed by atoms with van der Waals surface area (Å²) in [6.45, 7) is 8.15. The van der Waals surface area contributed by atoms with Gasteiger partial charge >= 0.3 is 0 Å². The lowest BCUT2D eigenvalue weighted by atomic mass is 10.0. The lowest BCUT2D eigenvalue weighted by Gasteiger charge is -2.40. The zero-order valence-electron chi connectivity index (χ0n) is 11.4. The van der Waals surface area contributed by atoms with Crippen molar-refractivity contribution in [1.82, 2.24) is 9.88 Å². The molecule has 0 atom stereocenters. The van der Waals surface area contributed by atoms with Gasteiger partial charge in [0.15, 0.2) is 5.75 Å². The van der Waals surface area contributed by atoms with Gasteiger partial charge in [-0.15, -0.1) is 0 Å². The second-order valence-corrected chi connectivity index (χ2v) is 5.18. The second kappa shape index (κ2) is 6.00. The molecule has 0 unspecified atom stereocenters. The van der Waals surface area contributed by atoms with Crippen molar-refractivity contribution in [3.63, 3.8) is 0 Å². The molecule has 0 aliphatic carbocycles. The van der Waals surface area contributed by atoms with E-state index in [2.05, 4.69) is 29.8 Å². The van der Waals surface area contributed by atoms with Gasteiger partial charge in [-0.2, -0.15) is 5.26 Å². The third-order valence-electron chi connectivity index (χ3n) is 3.35. The highest BCUT2D eigenvalue weighted by molar-refractivity contribution is 5.40. The summed E-state index contributed by atoms with van der Waals surface area (Å²) in [5.41, 5.74) is 0.430. The molecule has 2 heterocycles. The lowest BCUT2D eigenvalue weighted by molar-refractivity contribution is -0.0251. The molecule has 1 aliphatic heterocycles. The summed E-state index contributed by atoms with van der Waals surface area (Å²) in [6, 6.07) is 3.78. The van der Waals surface area contributed by atoms with Crippen LogP contribution < -0.4 is 4.74 Å². The van der Waals surface area contributed by atoms with E-state index in [9.17, 15) is 0 Å². The van der Waals surface area contributed by atoms with Crippen molar-refractivity contribution >= 4 is 0 Å². The van der Waals surface area contributed by atoms with E-state index in [0.717, 1.165) is 26.3 Å². The molecule has 0 aromatic carbocycles. The van der Waals surface area contributed by atoms with E-state index >= 15 is 0 Å². The van der Waals surface area contributed by atoms with E-state index in [-0.39, 0.29) is 5.54 Å². The Labute approximate surface area is 113 Å². The molecule has 1 fully saturated rings. The van der Waals surface area contributed by atoms with Crippen LogP contribution in [0.1, 0.15) is 19.4 Å². The van der Waals surface area contributed by atoms with E-state index in [1.807, 2.05) is 0 Å². The SMILES string of the molecule is CC(C)(COc1cnccc1C#N)N1CCOCC1. The number of nitriles is 1. The minimum absolute atomic E-state index is 0.0909. The maximum Gasteiger partial charge on any atom is 0.155 e. The van der Waals surface area contributed by atoms with E-state index in [1.54, 1.807) is 18.5 Å². The first-order chi connectivity index (χ1) is 9.13. The van der Waals surface area contributed by atoms with Crippen LogP contribution >= 0.6 is 0 Å². The summed E-state index contributed by atoms with van der Waals surface area (Å²) in [7, 11) is 0. The van der Waals surface area contributed by atoms with Crippen molar-refractivity contribution in [3.05, 3.63) is 24.0 Å². The molecule has 0 saturated carbocycles. The Bertz CT molecular complexity index is 462. The highest BCUT2D eigenvalue weighted by atomic mass is 16.5. The molecule has 5 heteroatoms. The smallest absolute Gasteiger partial charge is 0.155 e. The summed E-state index contributed by atoms with van der Waals surface area (Å²) < 4.78 is 11.1. The van der Waals surface area contributed by atoms with Crippen molar-refractivity contribution in [2.24, 2.45) is 0 Å². The van der Waals surface area contributed by atoms with Gasteiger partial charge in [0.25, 0.3) is 0 Å². The van der Waals surface area contributed by atoms with Gasteiger partial charge in [-0.3, -0.25) is 9.88 Å². The van der Waals surface area contributed by atoms with Gasteiger partial charge in [-0.25, -0.2) is 0 Å². The maximum atomic E-state index is 9.01. The first kappa shape index (κ1) is 13.8. The van der Waals surface area contributed by atoms with Gasteiger partial charge in [0.05, 0.1) is 25.0 Å². The van der Waals surface area contributed by atoms with Gasteiger partial charge in [-0.1, -0.05) is 0 Å². The molecule has 1 aliphatic rings. The third kappa shape index (κ3) is 3.43. The Balaban J connectivity index is 1.99. The third-order valence-corrected chi connectivity index (χ3v) is 3.35. The largest absolute Gasteiger partial charge is 0.489 e. The van der Waals surface area contributed by atoms with Crippen molar-refractivity contribution in [2.45, 2.75) is 19.4 Å². The molecular weight excluding hydrogens is 242 g/mol. The fourth-order valence-electron chi connectivity index (χ4n) is 2.10. The van der Waals surface area contributed by atoms with Crippen LogP contribution in [-0.4, -0.2) is 48.3 Å². The number of rotatable bonds is 4. The first-order valence-electron chi connectivity index (χ1n) is 6.43. The highest BCUT2D eigenvalue weighted by Gasteiger charge is 2.29. The van der Waals surface area contributed by atoms with Crippen LogP contribution in [0.3, 0.4) is 0 Å². The summed E-state index contributed by atoms with van der Waals surface area (Å²) in [4.78, 5) is 6.34. The molecule has 2 rings (SSSR count). The molecule has 0 radical (unpaired) electrons. The molecule has 5 nitrogen and oxygen atoms in total. The van der Waals surface area contributed by atoms with Crippen molar-refractivity contribution in [2.75, 3.05) is 32.9 Å². The van der Waals surface area contributed by atoms with Crippen LogP contribution in [0.15, 0.2) is 18.5 Å².